The molecular formula is C12H8IN3O4. The molecule has 2 rings (SSSR count). The Hall–Kier alpha value is -2.23. The lowest BCUT2D eigenvalue weighted by Crippen LogP contribution is -2.17. The lowest BCUT2D eigenvalue weighted by molar-refractivity contribution is -0.384. The third-order valence-electron chi connectivity index (χ3n) is 2.29. The molecular weight excluding hydrogens is 377 g/mol. The Morgan fingerprint density at radius 1 is 1.30 bits per heavy atom. The van der Waals surface area contributed by atoms with Gasteiger partial charge in [-0.05, 0) is 46.9 Å². The number of non-ortho nitro benzene ring substituents is 1. The molecule has 0 atom stereocenters. The normalized spacial score (nSPS) is 10.7. The summed E-state index contributed by atoms with van der Waals surface area (Å²) in [5.74, 6) is 0.0517. The number of nitrogens with zero attached hydrogens (tertiary/aromatic N) is 2. The molecule has 0 aliphatic carbocycles. The molecule has 1 aromatic heterocycles. The van der Waals surface area contributed by atoms with Crippen LogP contribution in [-0.2, 0) is 0 Å². The number of rotatable bonds is 4. The van der Waals surface area contributed by atoms with E-state index in [1.807, 2.05) is 22.6 Å². The molecule has 1 N–H and O–H groups in total. The minimum atomic E-state index is -0.529. The zero-order valence-electron chi connectivity index (χ0n) is 9.95. The van der Waals surface area contributed by atoms with E-state index in [1.54, 1.807) is 12.1 Å². The number of halogens is 1. The van der Waals surface area contributed by atoms with E-state index < -0.39 is 10.8 Å². The van der Waals surface area contributed by atoms with Gasteiger partial charge in [0.05, 0.1) is 11.1 Å². The number of furan rings is 1. The first kappa shape index (κ1) is 14.2. The molecule has 20 heavy (non-hydrogen) atoms. The maximum absolute atomic E-state index is 11.7. The fraction of sp³-hybridized carbons (Fsp3) is 0. The van der Waals surface area contributed by atoms with Crippen LogP contribution in [0.15, 0.2) is 45.9 Å². The highest BCUT2D eigenvalue weighted by Crippen LogP contribution is 2.11. The molecule has 8 heteroatoms. The summed E-state index contributed by atoms with van der Waals surface area (Å²) in [5, 5.41) is 14.2. The largest absolute Gasteiger partial charge is 0.449 e. The van der Waals surface area contributed by atoms with Gasteiger partial charge in [0.15, 0.2) is 3.77 Å². The van der Waals surface area contributed by atoms with Crippen LogP contribution >= 0.6 is 22.6 Å². The standard InChI is InChI=1S/C12H8IN3O4/c13-11-6-5-10(20-11)7-14-15-12(17)8-1-3-9(4-2-8)16(18)19/h1-7H,(H,15,17)/b14-7-. The smallest absolute Gasteiger partial charge is 0.271 e. The third kappa shape index (κ3) is 3.63. The maximum atomic E-state index is 11.7. The highest BCUT2D eigenvalue weighted by molar-refractivity contribution is 14.1. The number of nitro benzene ring substituents is 1. The number of carbonyl (C=O) groups is 1. The number of hydrogen-bond acceptors (Lipinski definition) is 5. The van der Waals surface area contributed by atoms with Crippen LogP contribution in [0.1, 0.15) is 16.1 Å². The lowest BCUT2D eigenvalue weighted by Gasteiger charge is -1.98. The zero-order valence-corrected chi connectivity index (χ0v) is 12.1. The van der Waals surface area contributed by atoms with E-state index in [1.165, 1.54) is 30.5 Å². The molecule has 1 heterocycles. The first-order valence-electron chi connectivity index (χ1n) is 5.39. The van der Waals surface area contributed by atoms with Crippen molar-refractivity contribution in [2.45, 2.75) is 0 Å². The molecule has 0 saturated carbocycles. The van der Waals surface area contributed by atoms with Crippen LogP contribution in [0, 0.1) is 13.9 Å². The topological polar surface area (TPSA) is 97.7 Å². The molecule has 0 saturated heterocycles. The average Bonchev–Trinajstić information content (AvgIpc) is 2.84. The van der Waals surface area contributed by atoms with Gasteiger partial charge in [0.1, 0.15) is 5.76 Å². The van der Waals surface area contributed by atoms with Gasteiger partial charge in [0.25, 0.3) is 11.6 Å². The molecule has 1 aromatic carbocycles. The highest BCUT2D eigenvalue weighted by atomic mass is 127. The maximum Gasteiger partial charge on any atom is 0.271 e. The van der Waals surface area contributed by atoms with E-state index >= 15 is 0 Å². The van der Waals surface area contributed by atoms with Crippen molar-refractivity contribution in [1.29, 1.82) is 0 Å². The summed E-state index contributed by atoms with van der Waals surface area (Å²) < 4.78 is 5.94. The number of hydrogen-bond donors (Lipinski definition) is 1. The third-order valence-corrected chi connectivity index (χ3v) is 2.87. The molecule has 0 aliphatic rings. The number of hydrazone groups is 1. The molecule has 0 bridgehead atoms. The summed E-state index contributed by atoms with van der Waals surface area (Å²) in [7, 11) is 0. The van der Waals surface area contributed by atoms with Crippen molar-refractivity contribution >= 4 is 40.4 Å². The first-order valence-corrected chi connectivity index (χ1v) is 6.47. The fourth-order valence-electron chi connectivity index (χ4n) is 1.35. The van der Waals surface area contributed by atoms with E-state index in [0.29, 0.717) is 9.53 Å². The fourth-order valence-corrected chi connectivity index (χ4v) is 1.79. The Morgan fingerprint density at radius 3 is 2.55 bits per heavy atom. The molecule has 1 amide bonds. The molecule has 0 unspecified atom stereocenters. The van der Waals surface area contributed by atoms with Gasteiger partial charge in [-0.25, -0.2) is 5.43 Å². The van der Waals surface area contributed by atoms with Crippen LogP contribution < -0.4 is 5.43 Å². The Labute approximate surface area is 127 Å². The van der Waals surface area contributed by atoms with Crippen molar-refractivity contribution < 1.29 is 14.1 Å². The zero-order chi connectivity index (χ0) is 14.5. The lowest BCUT2D eigenvalue weighted by atomic mass is 10.2. The molecule has 0 radical (unpaired) electrons. The van der Waals surface area contributed by atoms with Crippen molar-refractivity contribution in [1.82, 2.24) is 5.43 Å². The summed E-state index contributed by atoms with van der Waals surface area (Å²) >= 11 is 2.01. The molecule has 2 aromatic rings. The first-order chi connectivity index (χ1) is 9.56. The van der Waals surface area contributed by atoms with Gasteiger partial charge in [-0.2, -0.15) is 5.10 Å². The van der Waals surface area contributed by atoms with Crippen molar-refractivity contribution in [3.8, 4) is 0 Å². The van der Waals surface area contributed by atoms with Gasteiger partial charge in [0.2, 0.25) is 0 Å². The molecule has 102 valence electrons. The Morgan fingerprint density at radius 2 is 2.00 bits per heavy atom. The minimum Gasteiger partial charge on any atom is -0.449 e. The summed E-state index contributed by atoms with van der Waals surface area (Å²) in [6, 6.07) is 8.71. The summed E-state index contributed by atoms with van der Waals surface area (Å²) in [6.07, 6.45) is 1.37. The van der Waals surface area contributed by atoms with E-state index in [2.05, 4.69) is 10.5 Å². The second kappa shape index (κ2) is 6.28. The number of nitro groups is 1. The number of carbonyl (C=O) groups excluding carboxylic acids is 1. The van der Waals surface area contributed by atoms with Crippen molar-refractivity contribution in [3.05, 3.63) is 61.6 Å². The van der Waals surface area contributed by atoms with Crippen molar-refractivity contribution in [2.24, 2.45) is 5.10 Å². The van der Waals surface area contributed by atoms with Gasteiger partial charge in [-0.15, -0.1) is 0 Å². The van der Waals surface area contributed by atoms with Gasteiger partial charge in [0, 0.05) is 17.7 Å². The second-order valence-corrected chi connectivity index (χ2v) is 4.71. The predicted octanol–water partition coefficient (Wildman–Crippen LogP) is 2.56. The van der Waals surface area contributed by atoms with Crippen LogP contribution in [-0.4, -0.2) is 17.0 Å². The van der Waals surface area contributed by atoms with Gasteiger partial charge < -0.3 is 4.42 Å². The van der Waals surface area contributed by atoms with E-state index in [0.717, 1.165) is 0 Å². The van der Waals surface area contributed by atoms with E-state index in [9.17, 15) is 14.9 Å². The van der Waals surface area contributed by atoms with E-state index in [4.69, 9.17) is 4.42 Å². The van der Waals surface area contributed by atoms with Crippen LogP contribution in [0.5, 0.6) is 0 Å². The van der Waals surface area contributed by atoms with Gasteiger partial charge >= 0.3 is 0 Å². The predicted molar refractivity (Wildman–Crippen MR) is 79.6 cm³/mol. The summed E-state index contributed by atoms with van der Waals surface area (Å²) in [6.45, 7) is 0. The van der Waals surface area contributed by atoms with Crippen LogP contribution in [0.3, 0.4) is 0 Å². The number of amides is 1. The number of nitrogens with one attached hydrogen (secondary N) is 1. The van der Waals surface area contributed by atoms with Gasteiger partial charge in [-0.3, -0.25) is 14.9 Å². The van der Waals surface area contributed by atoms with Crippen LogP contribution in [0.25, 0.3) is 0 Å². The van der Waals surface area contributed by atoms with Crippen molar-refractivity contribution in [3.63, 3.8) is 0 Å². The molecule has 0 fully saturated rings. The van der Waals surface area contributed by atoms with E-state index in [-0.39, 0.29) is 11.3 Å². The van der Waals surface area contributed by atoms with Crippen molar-refractivity contribution in [2.75, 3.05) is 0 Å². The van der Waals surface area contributed by atoms with Crippen LogP contribution in [0.4, 0.5) is 5.69 Å². The second-order valence-electron chi connectivity index (χ2n) is 3.64. The Bertz CT molecular complexity index is 664. The molecule has 7 nitrogen and oxygen atoms in total. The monoisotopic (exact) mass is 385 g/mol. The Kier molecular flexibility index (Phi) is 4.45. The molecule has 0 spiro atoms. The SMILES string of the molecule is O=C(N/N=C\c1ccc(I)o1)c1ccc([N+](=O)[O-])cc1. The highest BCUT2D eigenvalue weighted by Gasteiger charge is 2.08. The average molecular weight is 385 g/mol. The van der Waals surface area contributed by atoms with Gasteiger partial charge in [-0.1, -0.05) is 0 Å². The van der Waals surface area contributed by atoms with Crippen LogP contribution in [0.2, 0.25) is 0 Å². The summed E-state index contributed by atoms with van der Waals surface area (Å²) in [5.41, 5.74) is 2.51. The quantitative estimate of drug-likeness (QED) is 0.379. The minimum absolute atomic E-state index is 0.0739. The summed E-state index contributed by atoms with van der Waals surface area (Å²) in [4.78, 5) is 21.6. The Balaban J connectivity index is 1.98. The number of benzene rings is 1. The molecule has 0 aliphatic heterocycles.